The summed E-state index contributed by atoms with van der Waals surface area (Å²) >= 11 is 1.18. The number of hydrogen-bond donors (Lipinski definition) is 1. The number of aryl methyl sites for hydroxylation is 1. The zero-order chi connectivity index (χ0) is 17.1. The number of benzene rings is 1. The Balaban J connectivity index is 2.03. The van der Waals surface area contributed by atoms with Crippen LogP contribution in [-0.4, -0.2) is 22.5 Å². The molecule has 2 aromatic heterocycles. The standard InChI is InChI=1S/C18H16N2O3S/c1-3-23-18(22)15-11(2)14-16(21)19-13(20-17(14)24-15)10-9-12-7-5-4-6-8-12/h4-10H,3H2,1-2H3,(H,19,20,21). The molecule has 1 N–H and O–H groups in total. The summed E-state index contributed by atoms with van der Waals surface area (Å²) in [5.74, 6) is 0.0341. The number of H-pyrrole nitrogens is 1. The molecule has 0 fully saturated rings. The zero-order valence-corrected chi connectivity index (χ0v) is 14.1. The molecular formula is C18H16N2O3S. The van der Waals surface area contributed by atoms with Gasteiger partial charge < -0.3 is 9.72 Å². The molecule has 3 aromatic rings. The first-order chi connectivity index (χ1) is 11.6. The highest BCUT2D eigenvalue weighted by molar-refractivity contribution is 7.20. The normalized spacial score (nSPS) is 11.2. The quantitative estimate of drug-likeness (QED) is 0.736. The van der Waals surface area contributed by atoms with Crippen LogP contribution < -0.4 is 5.56 Å². The Bertz CT molecular complexity index is 971. The van der Waals surface area contributed by atoms with E-state index in [1.165, 1.54) is 11.3 Å². The molecule has 0 amide bonds. The van der Waals surface area contributed by atoms with Crippen molar-refractivity contribution >= 4 is 39.7 Å². The third-order valence-electron chi connectivity index (χ3n) is 3.51. The maximum absolute atomic E-state index is 12.4. The molecule has 24 heavy (non-hydrogen) atoms. The smallest absolute Gasteiger partial charge is 0.348 e. The van der Waals surface area contributed by atoms with E-state index >= 15 is 0 Å². The van der Waals surface area contributed by atoms with Crippen molar-refractivity contribution in [1.82, 2.24) is 9.97 Å². The summed E-state index contributed by atoms with van der Waals surface area (Å²) in [7, 11) is 0. The van der Waals surface area contributed by atoms with E-state index in [9.17, 15) is 9.59 Å². The van der Waals surface area contributed by atoms with Gasteiger partial charge in [0.05, 0.1) is 12.0 Å². The number of fused-ring (bicyclic) bond motifs is 1. The van der Waals surface area contributed by atoms with Gasteiger partial charge in [-0.05, 0) is 31.1 Å². The predicted molar refractivity (Wildman–Crippen MR) is 96.3 cm³/mol. The van der Waals surface area contributed by atoms with E-state index in [-0.39, 0.29) is 5.56 Å². The van der Waals surface area contributed by atoms with Gasteiger partial charge in [-0.2, -0.15) is 0 Å². The average Bonchev–Trinajstić information content (AvgIpc) is 2.91. The van der Waals surface area contributed by atoms with E-state index in [4.69, 9.17) is 4.74 Å². The number of nitrogens with one attached hydrogen (secondary N) is 1. The number of carbonyl (C=O) groups is 1. The van der Waals surface area contributed by atoms with Gasteiger partial charge in [0.2, 0.25) is 0 Å². The Hall–Kier alpha value is -2.73. The highest BCUT2D eigenvalue weighted by atomic mass is 32.1. The molecule has 2 heterocycles. The molecular weight excluding hydrogens is 324 g/mol. The van der Waals surface area contributed by atoms with Crippen LogP contribution in [0.25, 0.3) is 22.4 Å². The lowest BCUT2D eigenvalue weighted by Gasteiger charge is -1.98. The number of hydrogen-bond acceptors (Lipinski definition) is 5. The first kappa shape index (κ1) is 16.1. The van der Waals surface area contributed by atoms with E-state index < -0.39 is 5.97 Å². The van der Waals surface area contributed by atoms with Gasteiger partial charge in [-0.15, -0.1) is 11.3 Å². The number of thiophene rings is 1. The van der Waals surface area contributed by atoms with E-state index in [0.29, 0.717) is 33.1 Å². The van der Waals surface area contributed by atoms with Crippen molar-refractivity contribution in [1.29, 1.82) is 0 Å². The van der Waals surface area contributed by atoms with Crippen LogP contribution in [0.2, 0.25) is 0 Å². The fraction of sp³-hybridized carbons (Fsp3) is 0.167. The van der Waals surface area contributed by atoms with Crippen LogP contribution in [0, 0.1) is 6.92 Å². The van der Waals surface area contributed by atoms with Gasteiger partial charge in [0.15, 0.2) is 0 Å². The second-order valence-electron chi connectivity index (χ2n) is 5.15. The molecule has 0 aliphatic carbocycles. The van der Waals surface area contributed by atoms with Crippen LogP contribution >= 0.6 is 11.3 Å². The van der Waals surface area contributed by atoms with Crippen molar-refractivity contribution in [2.45, 2.75) is 13.8 Å². The van der Waals surface area contributed by atoms with E-state index in [0.717, 1.165) is 5.56 Å². The molecule has 3 rings (SSSR count). The maximum atomic E-state index is 12.4. The summed E-state index contributed by atoms with van der Waals surface area (Å²) in [4.78, 5) is 32.5. The van der Waals surface area contributed by atoms with Gasteiger partial charge >= 0.3 is 5.97 Å². The van der Waals surface area contributed by atoms with Gasteiger partial charge in [0.1, 0.15) is 15.5 Å². The summed E-state index contributed by atoms with van der Waals surface area (Å²) in [5.41, 5.74) is 1.37. The largest absolute Gasteiger partial charge is 0.462 e. The van der Waals surface area contributed by atoms with Crippen molar-refractivity contribution in [3.63, 3.8) is 0 Å². The molecule has 0 aliphatic rings. The van der Waals surface area contributed by atoms with Crippen molar-refractivity contribution < 1.29 is 9.53 Å². The number of carbonyl (C=O) groups excluding carboxylic acids is 1. The Morgan fingerprint density at radius 3 is 2.75 bits per heavy atom. The number of rotatable bonds is 4. The van der Waals surface area contributed by atoms with Gasteiger partial charge in [-0.1, -0.05) is 36.4 Å². The molecule has 0 saturated carbocycles. The third-order valence-corrected chi connectivity index (χ3v) is 4.68. The van der Waals surface area contributed by atoms with Crippen molar-refractivity contribution in [2.24, 2.45) is 0 Å². The highest BCUT2D eigenvalue weighted by Gasteiger charge is 2.19. The molecule has 0 bridgehead atoms. The number of nitrogens with zero attached hydrogens (tertiary/aromatic N) is 1. The van der Waals surface area contributed by atoms with Crippen molar-refractivity contribution in [3.05, 3.63) is 62.5 Å². The third kappa shape index (κ3) is 3.14. The number of esters is 1. The molecule has 1 aromatic carbocycles. The molecule has 0 spiro atoms. The zero-order valence-electron chi connectivity index (χ0n) is 13.3. The van der Waals surface area contributed by atoms with E-state index in [2.05, 4.69) is 9.97 Å². The summed E-state index contributed by atoms with van der Waals surface area (Å²) in [6, 6.07) is 9.73. The van der Waals surface area contributed by atoms with E-state index in [1.807, 2.05) is 36.4 Å². The molecule has 0 unspecified atom stereocenters. The minimum atomic E-state index is -0.418. The van der Waals surface area contributed by atoms with Gasteiger partial charge in [0.25, 0.3) is 5.56 Å². The number of aromatic nitrogens is 2. The predicted octanol–water partition coefficient (Wildman–Crippen LogP) is 3.64. The molecule has 122 valence electrons. The van der Waals surface area contributed by atoms with Crippen LogP contribution in [-0.2, 0) is 4.74 Å². The van der Waals surface area contributed by atoms with Gasteiger partial charge in [-0.3, -0.25) is 4.79 Å². The lowest BCUT2D eigenvalue weighted by Crippen LogP contribution is -2.10. The van der Waals surface area contributed by atoms with Gasteiger partial charge in [0, 0.05) is 0 Å². The second kappa shape index (κ2) is 6.80. The van der Waals surface area contributed by atoms with Crippen LogP contribution in [0.1, 0.15) is 33.5 Å². The summed E-state index contributed by atoms with van der Waals surface area (Å²) in [5, 5.41) is 0.444. The topological polar surface area (TPSA) is 72.0 Å². The first-order valence-electron chi connectivity index (χ1n) is 7.53. The summed E-state index contributed by atoms with van der Waals surface area (Å²) < 4.78 is 5.03. The lowest BCUT2D eigenvalue weighted by molar-refractivity contribution is 0.0531. The number of aromatic amines is 1. The average molecular weight is 340 g/mol. The summed E-state index contributed by atoms with van der Waals surface area (Å²) in [6.07, 6.45) is 3.62. The Morgan fingerprint density at radius 2 is 2.04 bits per heavy atom. The molecule has 0 aliphatic heterocycles. The fourth-order valence-electron chi connectivity index (χ4n) is 2.37. The Kier molecular flexibility index (Phi) is 4.57. The second-order valence-corrected chi connectivity index (χ2v) is 6.15. The SMILES string of the molecule is CCOC(=O)c1sc2nc(C=Cc3ccccc3)[nH]c(=O)c2c1C. The molecule has 6 heteroatoms. The van der Waals surface area contributed by atoms with Crippen LogP contribution in [0.3, 0.4) is 0 Å². The fourth-order valence-corrected chi connectivity index (χ4v) is 3.45. The van der Waals surface area contributed by atoms with E-state index in [1.54, 1.807) is 19.9 Å². The van der Waals surface area contributed by atoms with Crippen LogP contribution in [0.5, 0.6) is 0 Å². The van der Waals surface area contributed by atoms with Crippen LogP contribution in [0.15, 0.2) is 35.1 Å². The highest BCUT2D eigenvalue weighted by Crippen LogP contribution is 2.27. The monoisotopic (exact) mass is 340 g/mol. The Morgan fingerprint density at radius 1 is 1.29 bits per heavy atom. The lowest BCUT2D eigenvalue weighted by atomic mass is 10.2. The molecule has 0 saturated heterocycles. The molecule has 0 radical (unpaired) electrons. The minimum absolute atomic E-state index is 0.253. The van der Waals surface area contributed by atoms with Gasteiger partial charge in [-0.25, -0.2) is 9.78 Å². The minimum Gasteiger partial charge on any atom is -0.462 e. The number of ether oxygens (including phenoxy) is 1. The maximum Gasteiger partial charge on any atom is 0.348 e. The van der Waals surface area contributed by atoms with Crippen molar-refractivity contribution in [3.8, 4) is 0 Å². The molecule has 5 nitrogen and oxygen atoms in total. The van der Waals surface area contributed by atoms with Crippen LogP contribution in [0.4, 0.5) is 0 Å². The molecule has 0 atom stereocenters. The Labute approximate surface area is 142 Å². The summed E-state index contributed by atoms with van der Waals surface area (Å²) in [6.45, 7) is 3.78. The first-order valence-corrected chi connectivity index (χ1v) is 8.35. The van der Waals surface area contributed by atoms with Crippen molar-refractivity contribution in [2.75, 3.05) is 6.61 Å².